The van der Waals surface area contributed by atoms with Crippen molar-refractivity contribution in [3.63, 3.8) is 0 Å². The minimum atomic E-state index is 0.0801. The highest BCUT2D eigenvalue weighted by atomic mass is 16.5. The monoisotopic (exact) mass is 201 g/mol. The number of hydrogen-bond acceptors (Lipinski definition) is 2. The number of ether oxygens (including phenoxy) is 1. The van der Waals surface area contributed by atoms with Crippen molar-refractivity contribution in [2.75, 3.05) is 7.11 Å². The first-order chi connectivity index (χ1) is 7.20. The molecule has 2 nitrogen and oxygen atoms in total. The zero-order valence-corrected chi connectivity index (χ0v) is 9.03. The molecule has 2 heteroatoms. The average Bonchev–Trinajstić information content (AvgIpc) is 2.27. The molecule has 2 aromatic carbocycles. The Morgan fingerprint density at radius 2 is 1.73 bits per heavy atom. The van der Waals surface area contributed by atoms with Crippen molar-refractivity contribution in [3.8, 4) is 5.75 Å². The van der Waals surface area contributed by atoms with Crippen LogP contribution in [0.5, 0.6) is 5.75 Å². The Morgan fingerprint density at radius 1 is 1.07 bits per heavy atom. The van der Waals surface area contributed by atoms with Crippen LogP contribution in [0.2, 0.25) is 0 Å². The number of fused-ring (bicyclic) bond motifs is 1. The molecule has 0 aliphatic heterocycles. The summed E-state index contributed by atoms with van der Waals surface area (Å²) < 4.78 is 5.18. The highest BCUT2D eigenvalue weighted by molar-refractivity contribution is 5.84. The van der Waals surface area contributed by atoms with Gasteiger partial charge in [0.25, 0.3) is 0 Å². The summed E-state index contributed by atoms with van der Waals surface area (Å²) in [6, 6.07) is 12.4. The standard InChI is InChI=1S/C13H15NO/c1-9(14)10-3-4-12-8-13(15-2)6-5-11(12)7-10/h3-9H,14H2,1-2H3/t9-/m0/s1. The lowest BCUT2D eigenvalue weighted by molar-refractivity contribution is 0.415. The third kappa shape index (κ3) is 1.95. The van der Waals surface area contributed by atoms with Gasteiger partial charge in [0, 0.05) is 6.04 Å². The number of rotatable bonds is 2. The van der Waals surface area contributed by atoms with Gasteiger partial charge in [-0.05, 0) is 41.5 Å². The summed E-state index contributed by atoms with van der Waals surface area (Å²) in [6.07, 6.45) is 0. The van der Waals surface area contributed by atoms with Crippen molar-refractivity contribution < 1.29 is 4.74 Å². The second kappa shape index (κ2) is 3.91. The zero-order chi connectivity index (χ0) is 10.8. The minimum Gasteiger partial charge on any atom is -0.497 e. The van der Waals surface area contributed by atoms with Gasteiger partial charge in [0.2, 0.25) is 0 Å². The number of nitrogens with two attached hydrogens (primary N) is 1. The molecule has 0 heterocycles. The molecule has 0 aromatic heterocycles. The van der Waals surface area contributed by atoms with Gasteiger partial charge in [0.05, 0.1) is 7.11 Å². The Hall–Kier alpha value is -1.54. The van der Waals surface area contributed by atoms with E-state index in [1.165, 1.54) is 10.8 Å². The fourth-order valence-corrected chi connectivity index (χ4v) is 1.65. The summed E-state index contributed by atoms with van der Waals surface area (Å²) in [4.78, 5) is 0. The van der Waals surface area contributed by atoms with Gasteiger partial charge >= 0.3 is 0 Å². The second-order valence-electron chi connectivity index (χ2n) is 3.76. The molecule has 0 radical (unpaired) electrons. The van der Waals surface area contributed by atoms with Crippen molar-refractivity contribution in [1.29, 1.82) is 0 Å². The Kier molecular flexibility index (Phi) is 2.60. The van der Waals surface area contributed by atoms with Crippen LogP contribution >= 0.6 is 0 Å². The van der Waals surface area contributed by atoms with Crippen LogP contribution in [0.4, 0.5) is 0 Å². The normalized spacial score (nSPS) is 12.7. The van der Waals surface area contributed by atoms with Crippen molar-refractivity contribution in [1.82, 2.24) is 0 Å². The maximum absolute atomic E-state index is 5.84. The smallest absolute Gasteiger partial charge is 0.119 e. The molecule has 0 amide bonds. The molecule has 0 spiro atoms. The van der Waals surface area contributed by atoms with Gasteiger partial charge < -0.3 is 10.5 Å². The van der Waals surface area contributed by atoms with Crippen molar-refractivity contribution in [2.45, 2.75) is 13.0 Å². The van der Waals surface area contributed by atoms with E-state index in [0.29, 0.717) is 0 Å². The topological polar surface area (TPSA) is 35.2 Å². The van der Waals surface area contributed by atoms with E-state index in [0.717, 1.165) is 11.3 Å². The zero-order valence-electron chi connectivity index (χ0n) is 9.03. The largest absolute Gasteiger partial charge is 0.497 e. The fourth-order valence-electron chi connectivity index (χ4n) is 1.65. The van der Waals surface area contributed by atoms with Gasteiger partial charge in [-0.3, -0.25) is 0 Å². The van der Waals surface area contributed by atoms with Gasteiger partial charge in [-0.1, -0.05) is 18.2 Å². The summed E-state index contributed by atoms with van der Waals surface area (Å²) in [7, 11) is 1.68. The van der Waals surface area contributed by atoms with Crippen molar-refractivity contribution in [3.05, 3.63) is 42.0 Å². The van der Waals surface area contributed by atoms with Crippen LogP contribution in [0.25, 0.3) is 10.8 Å². The molecule has 0 saturated heterocycles. The maximum Gasteiger partial charge on any atom is 0.119 e. The summed E-state index contributed by atoms with van der Waals surface area (Å²) >= 11 is 0. The molecule has 78 valence electrons. The number of hydrogen-bond donors (Lipinski definition) is 1. The highest BCUT2D eigenvalue weighted by Crippen LogP contribution is 2.23. The SMILES string of the molecule is COc1ccc2cc([C@H](C)N)ccc2c1. The summed E-state index contributed by atoms with van der Waals surface area (Å²) in [5, 5.41) is 2.38. The quantitative estimate of drug-likeness (QED) is 0.810. The molecule has 0 aliphatic rings. The van der Waals surface area contributed by atoms with E-state index in [4.69, 9.17) is 10.5 Å². The van der Waals surface area contributed by atoms with E-state index in [1.54, 1.807) is 7.11 Å². The van der Waals surface area contributed by atoms with Crippen LogP contribution in [0.3, 0.4) is 0 Å². The predicted molar refractivity (Wildman–Crippen MR) is 63.1 cm³/mol. The molecule has 2 rings (SSSR count). The van der Waals surface area contributed by atoms with E-state index >= 15 is 0 Å². The number of benzene rings is 2. The van der Waals surface area contributed by atoms with Crippen LogP contribution in [-0.4, -0.2) is 7.11 Å². The van der Waals surface area contributed by atoms with Gasteiger partial charge in [-0.15, -0.1) is 0 Å². The second-order valence-corrected chi connectivity index (χ2v) is 3.76. The average molecular weight is 201 g/mol. The minimum absolute atomic E-state index is 0.0801. The van der Waals surface area contributed by atoms with Crippen LogP contribution < -0.4 is 10.5 Å². The van der Waals surface area contributed by atoms with E-state index < -0.39 is 0 Å². The third-order valence-electron chi connectivity index (χ3n) is 2.60. The summed E-state index contributed by atoms with van der Waals surface area (Å²) in [5.74, 6) is 0.885. The molecule has 0 aliphatic carbocycles. The molecular formula is C13H15NO. The predicted octanol–water partition coefficient (Wildman–Crippen LogP) is 2.87. The Labute approximate surface area is 89.7 Å². The number of methoxy groups -OCH3 is 1. The Balaban J connectivity index is 2.55. The van der Waals surface area contributed by atoms with Crippen molar-refractivity contribution >= 4 is 10.8 Å². The van der Waals surface area contributed by atoms with E-state index in [9.17, 15) is 0 Å². The lowest BCUT2D eigenvalue weighted by atomic mass is 10.0. The fraction of sp³-hybridized carbons (Fsp3) is 0.231. The third-order valence-corrected chi connectivity index (χ3v) is 2.60. The molecule has 2 N–H and O–H groups in total. The van der Waals surface area contributed by atoms with Gasteiger partial charge in [-0.2, -0.15) is 0 Å². The van der Waals surface area contributed by atoms with Gasteiger partial charge in [0.15, 0.2) is 0 Å². The van der Waals surface area contributed by atoms with Gasteiger partial charge in [0.1, 0.15) is 5.75 Å². The van der Waals surface area contributed by atoms with Crippen LogP contribution in [-0.2, 0) is 0 Å². The van der Waals surface area contributed by atoms with Crippen LogP contribution in [0, 0.1) is 0 Å². The van der Waals surface area contributed by atoms with Gasteiger partial charge in [-0.25, -0.2) is 0 Å². The van der Waals surface area contributed by atoms with Crippen LogP contribution in [0.1, 0.15) is 18.5 Å². The summed E-state index contributed by atoms with van der Waals surface area (Å²) in [6.45, 7) is 1.99. The van der Waals surface area contributed by atoms with Crippen molar-refractivity contribution in [2.24, 2.45) is 5.73 Å². The first-order valence-corrected chi connectivity index (χ1v) is 5.04. The molecule has 0 bridgehead atoms. The van der Waals surface area contributed by atoms with E-state index in [1.807, 2.05) is 19.1 Å². The molecule has 2 aromatic rings. The first-order valence-electron chi connectivity index (χ1n) is 5.04. The maximum atomic E-state index is 5.84. The lowest BCUT2D eigenvalue weighted by Gasteiger charge is -2.08. The molecular weight excluding hydrogens is 186 g/mol. The first kappa shape index (κ1) is 9.99. The highest BCUT2D eigenvalue weighted by Gasteiger charge is 2.01. The molecule has 1 atom stereocenters. The van der Waals surface area contributed by atoms with Crippen LogP contribution in [0.15, 0.2) is 36.4 Å². The Morgan fingerprint density at radius 3 is 2.40 bits per heavy atom. The van der Waals surface area contributed by atoms with E-state index in [-0.39, 0.29) is 6.04 Å². The molecule has 0 fully saturated rings. The molecule has 15 heavy (non-hydrogen) atoms. The summed E-state index contributed by atoms with van der Waals surface area (Å²) in [5.41, 5.74) is 7.00. The molecule has 0 unspecified atom stereocenters. The molecule has 0 saturated carbocycles. The Bertz CT molecular complexity index is 477. The van der Waals surface area contributed by atoms with E-state index in [2.05, 4.69) is 24.3 Å². The lowest BCUT2D eigenvalue weighted by Crippen LogP contribution is -2.04.